The molecule has 0 aromatic rings. The molecule has 1 saturated carbocycles. The lowest BCUT2D eigenvalue weighted by molar-refractivity contribution is -0.161. The number of carbonyl (C=O) groups is 4. The summed E-state index contributed by atoms with van der Waals surface area (Å²) in [5, 5.41) is 29.7. The van der Waals surface area contributed by atoms with Crippen LogP contribution in [0.15, 0.2) is 48.6 Å². The summed E-state index contributed by atoms with van der Waals surface area (Å²) in [7, 11) is -4.79. The zero-order valence-corrected chi connectivity index (χ0v) is 36.4. The van der Waals surface area contributed by atoms with Crippen molar-refractivity contribution in [1.29, 1.82) is 0 Å². The number of carbonyl (C=O) groups excluding carboxylic acids is 3. The number of ketones is 1. The van der Waals surface area contributed by atoms with Crippen LogP contribution in [0.4, 0.5) is 0 Å². The van der Waals surface area contributed by atoms with Crippen LogP contribution in [0.1, 0.15) is 149 Å². The number of hydrogen-bond acceptors (Lipinski definition) is 12. The molecule has 0 aromatic carbocycles. The number of aliphatic hydroxyl groups excluding tert-OH is 2. The van der Waals surface area contributed by atoms with Crippen molar-refractivity contribution in [3.05, 3.63) is 48.6 Å². The van der Waals surface area contributed by atoms with Gasteiger partial charge < -0.3 is 35.4 Å². The van der Waals surface area contributed by atoms with Gasteiger partial charge in [0.1, 0.15) is 18.4 Å². The van der Waals surface area contributed by atoms with Crippen molar-refractivity contribution in [2.45, 2.75) is 173 Å². The molecule has 7 atom stereocenters. The lowest BCUT2D eigenvalue weighted by Gasteiger charge is -2.20. The van der Waals surface area contributed by atoms with Gasteiger partial charge in [-0.3, -0.25) is 28.2 Å². The highest BCUT2D eigenvalue weighted by atomic mass is 31.2. The largest absolute Gasteiger partial charge is 0.480 e. The van der Waals surface area contributed by atoms with Gasteiger partial charge >= 0.3 is 25.7 Å². The molecule has 1 aliphatic rings. The predicted octanol–water partition coefficient (Wildman–Crippen LogP) is 7.98. The van der Waals surface area contributed by atoms with E-state index in [9.17, 15) is 38.8 Å². The van der Waals surface area contributed by atoms with Crippen molar-refractivity contribution in [3.63, 3.8) is 0 Å². The molecule has 0 radical (unpaired) electrons. The summed E-state index contributed by atoms with van der Waals surface area (Å²) in [6.45, 7) is 2.32. The average molecular weight is 856 g/mol. The molecule has 0 bridgehead atoms. The minimum atomic E-state index is -4.79. The van der Waals surface area contributed by atoms with Crippen LogP contribution in [0, 0.1) is 11.8 Å². The SMILES string of the molecule is CC/C=C\C/C=C\C/C=C\CCCCCCCC(=O)OC[C@H](COP(=O)(O)OC[C@H](N)C(=O)O)OC(=O)CCCCCC[C@H]1[C@@H](O)CC(=O)[C@@H]1/C=C/[C@@H](O)CCCCC. The fourth-order valence-corrected chi connectivity index (χ4v) is 7.29. The number of Topliss-reactive ketones (excluding diaryl/α,β-unsaturated/α-hetero) is 1. The van der Waals surface area contributed by atoms with Crippen molar-refractivity contribution in [3.8, 4) is 0 Å². The second-order valence-corrected chi connectivity index (χ2v) is 16.7. The zero-order chi connectivity index (χ0) is 43.7. The normalized spacial score (nSPS) is 19.8. The molecule has 0 aromatic heterocycles. The Bertz CT molecular complexity index is 1350. The molecule has 338 valence electrons. The number of allylic oxidation sites excluding steroid dienone is 7. The first-order chi connectivity index (χ1) is 28.3. The molecule has 0 saturated heterocycles. The number of aliphatic hydroxyl groups is 2. The Labute approximate surface area is 352 Å². The average Bonchev–Trinajstić information content (AvgIpc) is 3.47. The molecular weight excluding hydrogens is 781 g/mol. The molecule has 59 heavy (non-hydrogen) atoms. The standard InChI is InChI=1S/C44H74NO13P/c1-3-5-7-8-9-10-11-12-13-14-15-16-17-18-23-27-42(49)55-32-36(33-56-59(53,54)57-34-39(45)44(51)52)58-43(50)28-24-20-19-22-26-37-38(41(48)31-40(37)47)30-29-35(46)25-21-6-4-2/h5,7,9-10,12-13,29-30,35-40,46-47H,3-4,6,8,11,14-28,31-34,45H2,1-2H3,(H,51,52)(H,53,54)/b7-5-,10-9-,13-12-,30-29+/t35-,36+,37+,38+,39-,40-/m0/s1. The molecular formula is C44H74NO13P. The first kappa shape index (κ1) is 54.0. The third-order valence-electron chi connectivity index (χ3n) is 9.97. The highest BCUT2D eigenvalue weighted by molar-refractivity contribution is 7.47. The van der Waals surface area contributed by atoms with Gasteiger partial charge in [0.05, 0.1) is 25.4 Å². The number of nitrogens with two attached hydrogens (primary N) is 1. The highest BCUT2D eigenvalue weighted by Gasteiger charge is 2.39. The first-order valence-electron chi connectivity index (χ1n) is 21.8. The molecule has 0 spiro atoms. The quantitative estimate of drug-likeness (QED) is 0.0174. The minimum Gasteiger partial charge on any atom is -0.480 e. The molecule has 0 heterocycles. The molecule has 15 heteroatoms. The zero-order valence-electron chi connectivity index (χ0n) is 35.5. The van der Waals surface area contributed by atoms with Crippen molar-refractivity contribution >= 4 is 31.5 Å². The van der Waals surface area contributed by atoms with Gasteiger partial charge in [0.25, 0.3) is 0 Å². The summed E-state index contributed by atoms with van der Waals surface area (Å²) >= 11 is 0. The van der Waals surface area contributed by atoms with Crippen LogP contribution in [-0.4, -0.2) is 88.1 Å². The molecule has 1 fully saturated rings. The van der Waals surface area contributed by atoms with E-state index in [0.717, 1.165) is 83.5 Å². The van der Waals surface area contributed by atoms with E-state index >= 15 is 0 Å². The Balaban J connectivity index is 2.50. The van der Waals surface area contributed by atoms with E-state index in [4.69, 9.17) is 24.8 Å². The van der Waals surface area contributed by atoms with Crippen LogP contribution in [-0.2, 0) is 42.3 Å². The molecule has 1 unspecified atom stereocenters. The third-order valence-corrected chi connectivity index (χ3v) is 10.9. The van der Waals surface area contributed by atoms with Crippen molar-refractivity contribution in [2.75, 3.05) is 19.8 Å². The molecule has 1 rings (SSSR count). The molecule has 6 N–H and O–H groups in total. The van der Waals surface area contributed by atoms with Crippen LogP contribution >= 0.6 is 7.82 Å². The van der Waals surface area contributed by atoms with Gasteiger partial charge in [0.2, 0.25) is 0 Å². The van der Waals surface area contributed by atoms with Gasteiger partial charge in [-0.1, -0.05) is 120 Å². The van der Waals surface area contributed by atoms with Gasteiger partial charge in [-0.15, -0.1) is 0 Å². The number of unbranched alkanes of at least 4 members (excludes halogenated alkanes) is 10. The van der Waals surface area contributed by atoms with E-state index < -0.39 is 75.8 Å². The summed E-state index contributed by atoms with van der Waals surface area (Å²) in [5.74, 6) is -3.28. The van der Waals surface area contributed by atoms with Crippen LogP contribution in [0.2, 0.25) is 0 Å². The maximum absolute atomic E-state index is 12.7. The Morgan fingerprint density at radius 1 is 0.814 bits per heavy atom. The van der Waals surface area contributed by atoms with Crippen LogP contribution < -0.4 is 5.73 Å². The summed E-state index contributed by atoms with van der Waals surface area (Å²) in [6, 6.07) is -1.57. The van der Waals surface area contributed by atoms with Gasteiger partial charge in [-0.05, 0) is 63.7 Å². The number of esters is 2. The number of carboxylic acid groups (broad SMARTS) is 1. The van der Waals surface area contributed by atoms with E-state index in [0.29, 0.717) is 32.1 Å². The molecule has 14 nitrogen and oxygen atoms in total. The first-order valence-corrected chi connectivity index (χ1v) is 23.3. The van der Waals surface area contributed by atoms with Crippen molar-refractivity contribution < 1.29 is 62.5 Å². The lowest BCUT2D eigenvalue weighted by Crippen LogP contribution is -2.34. The summed E-state index contributed by atoms with van der Waals surface area (Å²) in [4.78, 5) is 58.7. The Morgan fingerprint density at radius 3 is 2.10 bits per heavy atom. The number of ether oxygens (including phenoxy) is 2. The summed E-state index contributed by atoms with van der Waals surface area (Å²) in [5.41, 5.74) is 5.33. The monoisotopic (exact) mass is 855 g/mol. The number of hydrogen-bond donors (Lipinski definition) is 5. The van der Waals surface area contributed by atoms with E-state index in [1.165, 1.54) is 0 Å². The van der Waals surface area contributed by atoms with E-state index in [-0.39, 0.29) is 31.0 Å². The number of carboxylic acids is 1. The van der Waals surface area contributed by atoms with Crippen LogP contribution in [0.25, 0.3) is 0 Å². The Morgan fingerprint density at radius 2 is 1.42 bits per heavy atom. The van der Waals surface area contributed by atoms with Crippen molar-refractivity contribution in [2.24, 2.45) is 17.6 Å². The predicted molar refractivity (Wildman–Crippen MR) is 227 cm³/mol. The Hall–Kier alpha value is -2.97. The molecule has 0 amide bonds. The van der Waals surface area contributed by atoms with Crippen LogP contribution in [0.5, 0.6) is 0 Å². The third kappa shape index (κ3) is 28.2. The number of phosphoric ester groups is 1. The number of phosphoric acid groups is 1. The second-order valence-electron chi connectivity index (χ2n) is 15.2. The van der Waals surface area contributed by atoms with Gasteiger partial charge in [0.15, 0.2) is 6.10 Å². The van der Waals surface area contributed by atoms with E-state index in [1.807, 2.05) is 0 Å². The maximum atomic E-state index is 12.7. The minimum absolute atomic E-state index is 0.0147. The highest BCUT2D eigenvalue weighted by Crippen LogP contribution is 2.43. The molecule has 1 aliphatic carbocycles. The lowest BCUT2D eigenvalue weighted by atomic mass is 9.88. The van der Waals surface area contributed by atoms with Gasteiger partial charge in [-0.2, -0.15) is 0 Å². The number of aliphatic carboxylic acids is 1. The van der Waals surface area contributed by atoms with Gasteiger partial charge in [-0.25, -0.2) is 4.57 Å². The van der Waals surface area contributed by atoms with E-state index in [1.54, 1.807) is 12.2 Å². The molecule has 0 aliphatic heterocycles. The topological polar surface area (TPSA) is 229 Å². The van der Waals surface area contributed by atoms with Crippen LogP contribution in [0.3, 0.4) is 0 Å². The fourth-order valence-electron chi connectivity index (χ4n) is 6.51. The van der Waals surface area contributed by atoms with Crippen molar-refractivity contribution in [1.82, 2.24) is 0 Å². The maximum Gasteiger partial charge on any atom is 0.472 e. The Kier molecular flexibility index (Phi) is 30.9. The second kappa shape index (κ2) is 33.7. The van der Waals surface area contributed by atoms with E-state index in [2.05, 4.69) is 54.8 Å². The summed E-state index contributed by atoms with van der Waals surface area (Å²) in [6.07, 6.45) is 29.4. The smallest absolute Gasteiger partial charge is 0.472 e. The number of rotatable bonds is 36. The summed E-state index contributed by atoms with van der Waals surface area (Å²) < 4.78 is 32.7. The fraction of sp³-hybridized carbons (Fsp3) is 0.727. The van der Waals surface area contributed by atoms with Gasteiger partial charge in [0, 0.05) is 25.2 Å².